The number of carbonyl (C=O) groups is 2. The number of benzene rings is 2. The van der Waals surface area contributed by atoms with E-state index >= 15 is 0 Å². The molecular weight excluding hydrogens is 342 g/mol. The monoisotopic (exact) mass is 363 g/mol. The molecule has 2 amide bonds. The van der Waals surface area contributed by atoms with Gasteiger partial charge in [-0.05, 0) is 30.3 Å². The van der Waals surface area contributed by atoms with Crippen molar-refractivity contribution in [2.45, 2.75) is 13.0 Å². The van der Waals surface area contributed by atoms with E-state index < -0.39 is 0 Å². The molecule has 1 aliphatic rings. The number of amides is 2. The van der Waals surface area contributed by atoms with E-state index in [1.54, 1.807) is 36.3 Å². The van der Waals surface area contributed by atoms with Gasteiger partial charge in [-0.2, -0.15) is 0 Å². The van der Waals surface area contributed by atoms with Crippen LogP contribution in [0.3, 0.4) is 0 Å². The SMILES string of the molecule is COc1ccc2[nH]c3c(c2c1)CN(C(=O)CNC(=O)c1ccccc1)CC3. The summed E-state index contributed by atoms with van der Waals surface area (Å²) in [5.74, 6) is 0.475. The van der Waals surface area contributed by atoms with E-state index in [-0.39, 0.29) is 18.4 Å². The number of ether oxygens (including phenoxy) is 1. The molecule has 0 spiro atoms. The molecule has 0 saturated heterocycles. The molecule has 0 radical (unpaired) electrons. The predicted octanol–water partition coefficient (Wildman–Crippen LogP) is 2.49. The van der Waals surface area contributed by atoms with Gasteiger partial charge in [0.1, 0.15) is 5.75 Å². The Hall–Kier alpha value is -3.28. The molecule has 6 nitrogen and oxygen atoms in total. The number of hydrogen-bond donors (Lipinski definition) is 2. The Morgan fingerprint density at radius 2 is 2.00 bits per heavy atom. The summed E-state index contributed by atoms with van der Waals surface area (Å²) in [6.45, 7) is 1.16. The van der Waals surface area contributed by atoms with Crippen molar-refractivity contribution in [1.82, 2.24) is 15.2 Å². The lowest BCUT2D eigenvalue weighted by atomic mass is 10.0. The highest BCUT2D eigenvalue weighted by atomic mass is 16.5. The zero-order valence-electron chi connectivity index (χ0n) is 15.1. The van der Waals surface area contributed by atoms with Gasteiger partial charge in [0.15, 0.2) is 0 Å². The van der Waals surface area contributed by atoms with Gasteiger partial charge in [-0.25, -0.2) is 0 Å². The van der Waals surface area contributed by atoms with E-state index in [4.69, 9.17) is 4.74 Å². The van der Waals surface area contributed by atoms with E-state index in [2.05, 4.69) is 10.3 Å². The first-order valence-corrected chi connectivity index (χ1v) is 8.94. The van der Waals surface area contributed by atoms with Crippen molar-refractivity contribution in [3.63, 3.8) is 0 Å². The van der Waals surface area contributed by atoms with E-state index in [0.29, 0.717) is 18.7 Å². The van der Waals surface area contributed by atoms with Crippen LogP contribution >= 0.6 is 0 Å². The summed E-state index contributed by atoms with van der Waals surface area (Å²) in [4.78, 5) is 30.0. The van der Waals surface area contributed by atoms with Gasteiger partial charge in [-0.15, -0.1) is 0 Å². The number of rotatable bonds is 4. The second kappa shape index (κ2) is 7.15. The van der Waals surface area contributed by atoms with Crippen LogP contribution < -0.4 is 10.1 Å². The average Bonchev–Trinajstić information content (AvgIpc) is 3.09. The third-order valence-electron chi connectivity index (χ3n) is 4.97. The summed E-state index contributed by atoms with van der Waals surface area (Å²) in [5, 5.41) is 3.79. The van der Waals surface area contributed by atoms with Gasteiger partial charge in [0.05, 0.1) is 13.7 Å². The third kappa shape index (κ3) is 3.38. The fourth-order valence-corrected chi connectivity index (χ4v) is 3.49. The van der Waals surface area contributed by atoms with Crippen LogP contribution in [0.5, 0.6) is 5.75 Å². The number of nitrogens with zero attached hydrogens (tertiary/aromatic N) is 1. The van der Waals surface area contributed by atoms with Crippen molar-refractivity contribution < 1.29 is 14.3 Å². The fraction of sp³-hybridized carbons (Fsp3) is 0.238. The molecule has 1 aliphatic heterocycles. The third-order valence-corrected chi connectivity index (χ3v) is 4.97. The number of hydrogen-bond acceptors (Lipinski definition) is 3. The summed E-state index contributed by atoms with van der Waals surface area (Å²) in [6.07, 6.45) is 0.769. The minimum atomic E-state index is -0.238. The summed E-state index contributed by atoms with van der Waals surface area (Å²) in [7, 11) is 1.64. The first-order valence-electron chi connectivity index (χ1n) is 8.94. The molecule has 4 rings (SSSR count). The van der Waals surface area contributed by atoms with Crippen molar-refractivity contribution >= 4 is 22.7 Å². The standard InChI is InChI=1S/C21H21N3O3/c1-27-15-7-8-18-16(11-15)17-13-24(10-9-19(17)23-18)20(25)12-22-21(26)14-5-3-2-4-6-14/h2-8,11,23H,9-10,12-13H2,1H3,(H,22,26). The maximum absolute atomic E-state index is 12.6. The Balaban J connectivity index is 1.45. The Labute approximate surface area is 157 Å². The largest absolute Gasteiger partial charge is 0.497 e. The van der Waals surface area contributed by atoms with Crippen LogP contribution in [0.15, 0.2) is 48.5 Å². The zero-order chi connectivity index (χ0) is 18.8. The summed E-state index contributed by atoms with van der Waals surface area (Å²) in [5.41, 5.74) is 3.89. The molecule has 3 aromatic rings. The van der Waals surface area contributed by atoms with Crippen LogP contribution in [0.25, 0.3) is 10.9 Å². The second-order valence-corrected chi connectivity index (χ2v) is 6.61. The van der Waals surface area contributed by atoms with Crippen molar-refractivity contribution in [3.05, 3.63) is 65.4 Å². The number of aromatic nitrogens is 1. The molecule has 27 heavy (non-hydrogen) atoms. The zero-order valence-corrected chi connectivity index (χ0v) is 15.1. The smallest absolute Gasteiger partial charge is 0.251 e. The Bertz CT molecular complexity index is 995. The molecule has 2 aromatic carbocycles. The summed E-state index contributed by atoms with van der Waals surface area (Å²) >= 11 is 0. The molecular formula is C21H21N3O3. The maximum Gasteiger partial charge on any atom is 0.251 e. The molecule has 138 valence electrons. The lowest BCUT2D eigenvalue weighted by molar-refractivity contribution is -0.131. The van der Waals surface area contributed by atoms with Crippen molar-refractivity contribution in [2.24, 2.45) is 0 Å². The highest BCUT2D eigenvalue weighted by Crippen LogP contribution is 2.30. The van der Waals surface area contributed by atoms with E-state index in [1.165, 1.54) is 0 Å². The molecule has 0 aliphatic carbocycles. The van der Waals surface area contributed by atoms with Crippen LogP contribution in [-0.2, 0) is 17.8 Å². The first-order chi connectivity index (χ1) is 13.2. The van der Waals surface area contributed by atoms with Crippen molar-refractivity contribution in [2.75, 3.05) is 20.2 Å². The van der Waals surface area contributed by atoms with E-state index in [9.17, 15) is 9.59 Å². The van der Waals surface area contributed by atoms with E-state index in [1.807, 2.05) is 24.3 Å². The molecule has 0 atom stereocenters. The number of carbonyl (C=O) groups excluding carboxylic acids is 2. The first kappa shape index (κ1) is 17.1. The average molecular weight is 363 g/mol. The highest BCUT2D eigenvalue weighted by molar-refractivity contribution is 5.96. The molecule has 0 bridgehead atoms. The second-order valence-electron chi connectivity index (χ2n) is 6.61. The molecule has 0 saturated carbocycles. The van der Waals surface area contributed by atoms with Gasteiger partial charge in [0, 0.05) is 47.2 Å². The quantitative estimate of drug-likeness (QED) is 0.748. The van der Waals surface area contributed by atoms with Gasteiger partial charge in [0.2, 0.25) is 5.91 Å². The number of nitrogens with one attached hydrogen (secondary N) is 2. The van der Waals surface area contributed by atoms with Gasteiger partial charge in [-0.1, -0.05) is 18.2 Å². The van der Waals surface area contributed by atoms with Crippen molar-refractivity contribution in [1.29, 1.82) is 0 Å². The molecule has 2 heterocycles. The minimum absolute atomic E-state index is 0.00522. The highest BCUT2D eigenvalue weighted by Gasteiger charge is 2.24. The Morgan fingerprint density at radius 1 is 1.19 bits per heavy atom. The Morgan fingerprint density at radius 3 is 2.78 bits per heavy atom. The van der Waals surface area contributed by atoms with Gasteiger partial charge in [0.25, 0.3) is 5.91 Å². The van der Waals surface area contributed by atoms with Crippen LogP contribution in [0.4, 0.5) is 0 Å². The lowest BCUT2D eigenvalue weighted by Gasteiger charge is -2.27. The topological polar surface area (TPSA) is 74.4 Å². The van der Waals surface area contributed by atoms with Crippen LogP contribution in [0, 0.1) is 0 Å². The fourth-order valence-electron chi connectivity index (χ4n) is 3.49. The molecule has 6 heteroatoms. The predicted molar refractivity (Wildman–Crippen MR) is 103 cm³/mol. The van der Waals surface area contributed by atoms with Gasteiger partial charge in [-0.3, -0.25) is 9.59 Å². The minimum Gasteiger partial charge on any atom is -0.497 e. The summed E-state index contributed by atoms with van der Waals surface area (Å²) < 4.78 is 5.32. The van der Waals surface area contributed by atoms with Crippen molar-refractivity contribution in [3.8, 4) is 5.75 Å². The molecule has 2 N–H and O–H groups in total. The number of H-pyrrole nitrogens is 1. The normalized spacial score (nSPS) is 13.3. The van der Waals surface area contributed by atoms with E-state index in [0.717, 1.165) is 34.3 Å². The number of aromatic amines is 1. The Kier molecular flexibility index (Phi) is 4.54. The number of fused-ring (bicyclic) bond motifs is 3. The molecule has 1 aromatic heterocycles. The van der Waals surface area contributed by atoms with Gasteiger partial charge < -0.3 is 19.9 Å². The maximum atomic E-state index is 12.6. The molecule has 0 unspecified atom stereocenters. The van der Waals surface area contributed by atoms with Crippen LogP contribution in [0.2, 0.25) is 0 Å². The number of methoxy groups -OCH3 is 1. The van der Waals surface area contributed by atoms with Crippen LogP contribution in [-0.4, -0.2) is 41.9 Å². The van der Waals surface area contributed by atoms with Crippen LogP contribution in [0.1, 0.15) is 21.6 Å². The van der Waals surface area contributed by atoms with Gasteiger partial charge >= 0.3 is 0 Å². The molecule has 0 fully saturated rings. The summed E-state index contributed by atoms with van der Waals surface area (Å²) in [6, 6.07) is 14.8. The lowest BCUT2D eigenvalue weighted by Crippen LogP contribution is -2.42.